The summed E-state index contributed by atoms with van der Waals surface area (Å²) in [6.07, 6.45) is 7.96. The van der Waals surface area contributed by atoms with Gasteiger partial charge in [0.2, 0.25) is 0 Å². The Labute approximate surface area is 202 Å². The standard InChI is InChI=1S/C31H34N2O/c1-19-14-15-26-25-12-8-9-13-28(25)34-31(26)30(19)33-18-27(32(5)22(33)4)29-20(2)16-24(17-21(29)3)23-10-6-7-11-23/h8-9,12-18,22-23H,6-7,10-11H2,1-5H3. The first kappa shape index (κ1) is 21.3. The molecule has 34 heavy (non-hydrogen) atoms. The predicted molar refractivity (Wildman–Crippen MR) is 143 cm³/mol. The lowest BCUT2D eigenvalue weighted by Crippen LogP contribution is -2.34. The smallest absolute Gasteiger partial charge is 0.159 e. The SMILES string of the molecule is Cc1cc(C2CCCC2)cc(C)c1C1=CN(c2c(C)ccc3c2oc2ccccc23)C(C)N1C. The van der Waals surface area contributed by atoms with E-state index in [2.05, 4.69) is 93.2 Å². The lowest BCUT2D eigenvalue weighted by Gasteiger charge is -2.30. The van der Waals surface area contributed by atoms with Crippen LogP contribution in [0.2, 0.25) is 0 Å². The maximum Gasteiger partial charge on any atom is 0.159 e. The Kier molecular flexibility index (Phi) is 4.98. The van der Waals surface area contributed by atoms with Gasteiger partial charge in [-0.15, -0.1) is 0 Å². The molecule has 0 spiro atoms. The summed E-state index contributed by atoms with van der Waals surface area (Å²) in [5.41, 5.74) is 11.3. The zero-order valence-corrected chi connectivity index (χ0v) is 21.0. The largest absolute Gasteiger partial charge is 0.454 e. The van der Waals surface area contributed by atoms with E-state index in [1.807, 2.05) is 6.07 Å². The molecule has 1 fully saturated rings. The molecule has 0 bridgehead atoms. The van der Waals surface area contributed by atoms with Gasteiger partial charge in [0.1, 0.15) is 11.7 Å². The van der Waals surface area contributed by atoms with E-state index in [9.17, 15) is 0 Å². The minimum atomic E-state index is 0.195. The maximum absolute atomic E-state index is 6.43. The van der Waals surface area contributed by atoms with E-state index in [4.69, 9.17) is 4.42 Å². The molecule has 1 unspecified atom stereocenters. The zero-order valence-electron chi connectivity index (χ0n) is 21.0. The predicted octanol–water partition coefficient (Wildman–Crippen LogP) is 8.27. The molecule has 3 aromatic carbocycles. The van der Waals surface area contributed by atoms with E-state index in [0.717, 1.165) is 17.1 Å². The van der Waals surface area contributed by atoms with Crippen molar-refractivity contribution < 1.29 is 4.42 Å². The van der Waals surface area contributed by atoms with Crippen LogP contribution < -0.4 is 4.90 Å². The van der Waals surface area contributed by atoms with Crippen LogP contribution in [0.4, 0.5) is 5.69 Å². The molecular formula is C31H34N2O. The van der Waals surface area contributed by atoms with Crippen LogP contribution >= 0.6 is 0 Å². The summed E-state index contributed by atoms with van der Waals surface area (Å²) in [5.74, 6) is 0.741. The summed E-state index contributed by atoms with van der Waals surface area (Å²) in [4.78, 5) is 4.81. The van der Waals surface area contributed by atoms with Crippen molar-refractivity contribution in [3.8, 4) is 0 Å². The van der Waals surface area contributed by atoms with Crippen LogP contribution in [-0.2, 0) is 0 Å². The molecule has 1 aliphatic heterocycles. The molecule has 2 heterocycles. The van der Waals surface area contributed by atoms with Gasteiger partial charge in [0, 0.05) is 29.6 Å². The Morgan fingerprint density at radius 3 is 2.29 bits per heavy atom. The number of para-hydroxylation sites is 1. The Hall–Kier alpha value is -3.20. The summed E-state index contributed by atoms with van der Waals surface area (Å²) >= 11 is 0. The van der Waals surface area contributed by atoms with Crippen molar-refractivity contribution >= 4 is 33.3 Å². The van der Waals surface area contributed by atoms with Crippen molar-refractivity contribution in [3.63, 3.8) is 0 Å². The molecule has 0 radical (unpaired) electrons. The normalized spacial score (nSPS) is 19.1. The Balaban J connectivity index is 1.48. The van der Waals surface area contributed by atoms with Gasteiger partial charge in [-0.3, -0.25) is 0 Å². The maximum atomic E-state index is 6.43. The third-order valence-corrected chi connectivity index (χ3v) is 8.22. The summed E-state index contributed by atoms with van der Waals surface area (Å²) in [5, 5.41) is 2.36. The molecule has 3 heteroatoms. The van der Waals surface area contributed by atoms with Crippen LogP contribution in [-0.4, -0.2) is 18.1 Å². The first-order chi connectivity index (χ1) is 16.4. The number of hydrogen-bond acceptors (Lipinski definition) is 3. The van der Waals surface area contributed by atoms with Crippen LogP contribution in [0.15, 0.2) is 59.1 Å². The number of rotatable bonds is 3. The minimum absolute atomic E-state index is 0.195. The quantitative estimate of drug-likeness (QED) is 0.313. The zero-order chi connectivity index (χ0) is 23.6. The van der Waals surface area contributed by atoms with Gasteiger partial charge in [-0.25, -0.2) is 0 Å². The number of furan rings is 1. The molecule has 1 atom stereocenters. The molecular weight excluding hydrogens is 416 g/mol. The van der Waals surface area contributed by atoms with Crippen molar-refractivity contribution in [1.82, 2.24) is 4.90 Å². The third-order valence-electron chi connectivity index (χ3n) is 8.22. The molecule has 174 valence electrons. The second kappa shape index (κ2) is 7.94. The summed E-state index contributed by atoms with van der Waals surface area (Å²) in [6.45, 7) is 9.04. The second-order valence-corrected chi connectivity index (χ2v) is 10.4. The van der Waals surface area contributed by atoms with Crippen LogP contribution in [0.1, 0.15) is 66.3 Å². The number of benzene rings is 3. The van der Waals surface area contributed by atoms with Crippen LogP contribution in [0.5, 0.6) is 0 Å². The number of fused-ring (bicyclic) bond motifs is 3. The number of nitrogens with zero attached hydrogens (tertiary/aromatic N) is 2. The number of aryl methyl sites for hydroxylation is 3. The second-order valence-electron chi connectivity index (χ2n) is 10.4. The molecule has 1 aliphatic carbocycles. The lowest BCUT2D eigenvalue weighted by molar-refractivity contribution is 0.399. The Bertz CT molecular complexity index is 1410. The van der Waals surface area contributed by atoms with Gasteiger partial charge < -0.3 is 14.2 Å². The van der Waals surface area contributed by atoms with Crippen molar-refractivity contribution in [2.75, 3.05) is 11.9 Å². The van der Waals surface area contributed by atoms with Crippen molar-refractivity contribution in [2.24, 2.45) is 0 Å². The highest BCUT2D eigenvalue weighted by Crippen LogP contribution is 2.43. The third kappa shape index (κ3) is 3.17. The Morgan fingerprint density at radius 1 is 0.853 bits per heavy atom. The minimum Gasteiger partial charge on any atom is -0.454 e. The highest BCUT2D eigenvalue weighted by Gasteiger charge is 2.32. The van der Waals surface area contributed by atoms with E-state index in [1.165, 1.54) is 75.7 Å². The monoisotopic (exact) mass is 450 g/mol. The van der Waals surface area contributed by atoms with Gasteiger partial charge in [0.25, 0.3) is 0 Å². The fourth-order valence-corrected chi connectivity index (χ4v) is 6.30. The van der Waals surface area contributed by atoms with E-state index in [0.29, 0.717) is 0 Å². The molecule has 0 saturated heterocycles. The van der Waals surface area contributed by atoms with Gasteiger partial charge >= 0.3 is 0 Å². The number of hydrogen-bond donors (Lipinski definition) is 0. The van der Waals surface area contributed by atoms with Crippen molar-refractivity contribution in [1.29, 1.82) is 0 Å². The van der Waals surface area contributed by atoms with Crippen LogP contribution in [0.25, 0.3) is 27.6 Å². The summed E-state index contributed by atoms with van der Waals surface area (Å²) < 4.78 is 6.43. The van der Waals surface area contributed by atoms with E-state index in [-0.39, 0.29) is 6.17 Å². The molecule has 1 saturated carbocycles. The van der Waals surface area contributed by atoms with Gasteiger partial charge in [-0.1, -0.05) is 55.3 Å². The summed E-state index contributed by atoms with van der Waals surface area (Å²) in [7, 11) is 2.22. The molecule has 6 rings (SSSR count). The van der Waals surface area contributed by atoms with Gasteiger partial charge in [0.15, 0.2) is 5.58 Å². The average molecular weight is 451 g/mol. The van der Waals surface area contributed by atoms with Gasteiger partial charge in [-0.2, -0.15) is 0 Å². The van der Waals surface area contributed by atoms with E-state index >= 15 is 0 Å². The van der Waals surface area contributed by atoms with Gasteiger partial charge in [-0.05, 0) is 74.8 Å². The van der Waals surface area contributed by atoms with E-state index in [1.54, 1.807) is 0 Å². The highest BCUT2D eigenvalue weighted by atomic mass is 16.3. The first-order valence-electron chi connectivity index (χ1n) is 12.7. The Morgan fingerprint density at radius 2 is 1.56 bits per heavy atom. The molecule has 0 N–H and O–H groups in total. The topological polar surface area (TPSA) is 19.6 Å². The molecule has 1 aromatic heterocycles. The average Bonchev–Trinajstić information content (AvgIpc) is 3.54. The molecule has 4 aromatic rings. The van der Waals surface area contributed by atoms with Crippen molar-refractivity contribution in [2.45, 2.75) is 65.5 Å². The van der Waals surface area contributed by atoms with E-state index < -0.39 is 0 Å². The lowest BCUT2D eigenvalue weighted by atomic mass is 9.90. The first-order valence-corrected chi connectivity index (χ1v) is 12.7. The fourth-order valence-electron chi connectivity index (χ4n) is 6.30. The molecule has 0 amide bonds. The number of anilines is 1. The molecule has 2 aliphatic rings. The van der Waals surface area contributed by atoms with Crippen LogP contribution in [0.3, 0.4) is 0 Å². The summed E-state index contributed by atoms with van der Waals surface area (Å²) in [6, 6.07) is 17.7. The van der Waals surface area contributed by atoms with Gasteiger partial charge in [0.05, 0.1) is 11.4 Å². The van der Waals surface area contributed by atoms with Crippen molar-refractivity contribution in [3.05, 3.63) is 82.5 Å². The fraction of sp³-hybridized carbons (Fsp3) is 0.355. The van der Waals surface area contributed by atoms with Crippen LogP contribution in [0, 0.1) is 20.8 Å². The molecule has 3 nitrogen and oxygen atoms in total. The highest BCUT2D eigenvalue weighted by molar-refractivity contribution is 6.10.